The second-order valence-corrected chi connectivity index (χ2v) is 7.81. The van der Waals surface area contributed by atoms with Crippen molar-refractivity contribution in [3.8, 4) is 5.75 Å². The summed E-state index contributed by atoms with van der Waals surface area (Å²) in [6.07, 6.45) is 1.73. The number of para-hydroxylation sites is 2. The number of aromatic hydroxyl groups is 1. The van der Waals surface area contributed by atoms with E-state index in [2.05, 4.69) is 45.8 Å². The summed E-state index contributed by atoms with van der Waals surface area (Å²) < 4.78 is 0. The van der Waals surface area contributed by atoms with Crippen LogP contribution in [0, 0.1) is 0 Å². The molecule has 0 amide bonds. The van der Waals surface area contributed by atoms with Gasteiger partial charge in [0.15, 0.2) is 0 Å². The summed E-state index contributed by atoms with van der Waals surface area (Å²) in [5.74, 6) is 0.212. The Morgan fingerprint density at radius 3 is 2.77 bits per heavy atom. The van der Waals surface area contributed by atoms with Crippen molar-refractivity contribution in [2.45, 2.75) is 19.1 Å². The third-order valence-electron chi connectivity index (χ3n) is 4.33. The van der Waals surface area contributed by atoms with Crippen LogP contribution >= 0.6 is 22.7 Å². The van der Waals surface area contributed by atoms with Crippen molar-refractivity contribution in [1.82, 2.24) is 5.32 Å². The summed E-state index contributed by atoms with van der Waals surface area (Å²) in [6.45, 7) is 3.79. The van der Waals surface area contributed by atoms with E-state index < -0.39 is 5.66 Å². The van der Waals surface area contributed by atoms with E-state index in [-0.39, 0.29) is 5.75 Å². The number of nitrogens with zero attached hydrogens (tertiary/aromatic N) is 1. The van der Waals surface area contributed by atoms with Crippen LogP contribution in [0.2, 0.25) is 0 Å². The van der Waals surface area contributed by atoms with Crippen LogP contribution in [0.4, 0.5) is 11.4 Å². The molecule has 4 rings (SSSR count). The van der Waals surface area contributed by atoms with Crippen LogP contribution < -0.4 is 16.0 Å². The number of anilines is 2. The van der Waals surface area contributed by atoms with Gasteiger partial charge in [0.25, 0.3) is 0 Å². The number of phenolic OH excluding ortho intramolecular Hbond substituents is 1. The first kappa shape index (κ1) is 17.1. The molecule has 7 heteroatoms. The number of hydrogen-bond acceptors (Lipinski definition) is 7. The van der Waals surface area contributed by atoms with Gasteiger partial charge in [0.2, 0.25) is 5.66 Å². The van der Waals surface area contributed by atoms with Crippen LogP contribution in [0.15, 0.2) is 52.2 Å². The maximum Gasteiger partial charge on any atom is 0.204 e. The molecule has 1 aromatic carbocycles. The molecule has 1 atom stereocenters. The zero-order valence-electron chi connectivity index (χ0n) is 14.3. The SMILES string of the molecule is CCNCc1ccsc1C1(Nc2ccccc2O)N=CNc2ccsc21. The lowest BCUT2D eigenvalue weighted by Crippen LogP contribution is -2.37. The summed E-state index contributed by atoms with van der Waals surface area (Å²) in [7, 11) is 0. The van der Waals surface area contributed by atoms with Crippen LogP contribution in [-0.2, 0) is 12.2 Å². The van der Waals surface area contributed by atoms with Crippen molar-refractivity contribution in [3.05, 3.63) is 62.5 Å². The third-order valence-corrected chi connectivity index (χ3v) is 6.42. The zero-order chi connectivity index (χ0) is 18.0. The van der Waals surface area contributed by atoms with Gasteiger partial charge in [-0.3, -0.25) is 0 Å². The third kappa shape index (κ3) is 2.88. The molecule has 0 fully saturated rings. The molecule has 4 N–H and O–H groups in total. The summed E-state index contributed by atoms with van der Waals surface area (Å²) in [4.78, 5) is 7.07. The number of hydrogen-bond donors (Lipinski definition) is 4. The molecule has 5 nitrogen and oxygen atoms in total. The van der Waals surface area contributed by atoms with Crippen LogP contribution in [0.25, 0.3) is 0 Å². The van der Waals surface area contributed by atoms with Crippen LogP contribution in [0.1, 0.15) is 22.2 Å². The summed E-state index contributed by atoms with van der Waals surface area (Å²) in [6, 6.07) is 11.5. The standard InChI is InChI=1S/C19H20N4OS2/c1-2-20-11-13-7-9-25-17(13)19(23-14-5-3-4-6-16(14)24)18-15(8-10-26-18)21-12-22-19/h3-10,12,20,23-24H,2,11H2,1H3,(H,21,22). The Bertz CT molecular complexity index is 933. The predicted molar refractivity (Wildman–Crippen MR) is 111 cm³/mol. The van der Waals surface area contributed by atoms with Crippen molar-refractivity contribution in [2.24, 2.45) is 4.99 Å². The van der Waals surface area contributed by atoms with Gasteiger partial charge in [0.1, 0.15) is 5.75 Å². The van der Waals surface area contributed by atoms with Gasteiger partial charge in [-0.25, -0.2) is 4.99 Å². The molecule has 0 aliphatic carbocycles. The fourth-order valence-electron chi connectivity index (χ4n) is 3.09. The maximum atomic E-state index is 10.3. The monoisotopic (exact) mass is 384 g/mol. The Morgan fingerprint density at radius 2 is 1.92 bits per heavy atom. The van der Waals surface area contributed by atoms with Crippen LogP contribution in [0.3, 0.4) is 0 Å². The highest BCUT2D eigenvalue weighted by Gasteiger charge is 2.42. The first-order valence-electron chi connectivity index (χ1n) is 8.46. The Kier molecular flexibility index (Phi) is 4.67. The van der Waals surface area contributed by atoms with Gasteiger partial charge in [-0.05, 0) is 47.1 Å². The molecule has 1 unspecified atom stereocenters. The Morgan fingerprint density at radius 1 is 1.12 bits per heavy atom. The number of thiophene rings is 2. The Balaban J connectivity index is 1.86. The molecule has 0 saturated heterocycles. The predicted octanol–water partition coefficient (Wildman–Crippen LogP) is 4.39. The topological polar surface area (TPSA) is 68.7 Å². The highest BCUT2D eigenvalue weighted by molar-refractivity contribution is 7.12. The lowest BCUT2D eigenvalue weighted by Gasteiger charge is -2.34. The highest BCUT2D eigenvalue weighted by Crippen LogP contribution is 2.47. The van der Waals surface area contributed by atoms with Gasteiger partial charge in [0.05, 0.1) is 27.5 Å². The lowest BCUT2D eigenvalue weighted by molar-refractivity contribution is 0.474. The largest absolute Gasteiger partial charge is 0.506 e. The molecule has 26 heavy (non-hydrogen) atoms. The van der Waals surface area contributed by atoms with Crippen LogP contribution in [0.5, 0.6) is 5.75 Å². The minimum atomic E-state index is -0.757. The summed E-state index contributed by atoms with van der Waals surface area (Å²) in [5, 5.41) is 24.6. The van der Waals surface area contributed by atoms with E-state index >= 15 is 0 Å². The Hall–Kier alpha value is -2.35. The van der Waals surface area contributed by atoms with E-state index in [0.29, 0.717) is 5.69 Å². The quantitative estimate of drug-likeness (QED) is 0.476. The van der Waals surface area contributed by atoms with Crippen molar-refractivity contribution >= 4 is 40.4 Å². The van der Waals surface area contributed by atoms with E-state index in [1.807, 2.05) is 18.2 Å². The summed E-state index contributed by atoms with van der Waals surface area (Å²) in [5.41, 5.74) is 2.15. The van der Waals surface area contributed by atoms with E-state index in [1.165, 1.54) is 5.56 Å². The maximum absolute atomic E-state index is 10.3. The smallest absolute Gasteiger partial charge is 0.204 e. The normalized spacial score (nSPS) is 18.3. The van der Waals surface area contributed by atoms with Crippen molar-refractivity contribution < 1.29 is 5.11 Å². The number of phenols is 1. The van der Waals surface area contributed by atoms with E-state index in [9.17, 15) is 5.11 Å². The lowest BCUT2D eigenvalue weighted by atomic mass is 9.99. The molecule has 1 aliphatic rings. The molecule has 3 heterocycles. The highest BCUT2D eigenvalue weighted by atomic mass is 32.1. The van der Waals surface area contributed by atoms with Crippen LogP contribution in [-0.4, -0.2) is 18.0 Å². The number of rotatable bonds is 6. The fourth-order valence-corrected chi connectivity index (χ4v) is 5.17. The van der Waals surface area contributed by atoms with Gasteiger partial charge in [-0.15, -0.1) is 22.7 Å². The number of fused-ring (bicyclic) bond motifs is 1. The Labute approximate surface area is 160 Å². The second kappa shape index (κ2) is 7.11. The molecule has 0 spiro atoms. The molecule has 0 radical (unpaired) electrons. The second-order valence-electron chi connectivity index (χ2n) is 5.97. The minimum Gasteiger partial charge on any atom is -0.506 e. The molecule has 2 aromatic heterocycles. The average Bonchev–Trinajstić information content (AvgIpc) is 3.31. The molecular weight excluding hydrogens is 364 g/mol. The zero-order valence-corrected chi connectivity index (χ0v) is 16.0. The first-order chi connectivity index (χ1) is 12.7. The van der Waals surface area contributed by atoms with Gasteiger partial charge in [0, 0.05) is 6.54 Å². The van der Waals surface area contributed by atoms with E-state index in [4.69, 9.17) is 4.99 Å². The van der Waals surface area contributed by atoms with Gasteiger partial charge in [-0.1, -0.05) is 19.1 Å². The minimum absolute atomic E-state index is 0.212. The van der Waals surface area contributed by atoms with E-state index in [0.717, 1.165) is 28.5 Å². The van der Waals surface area contributed by atoms with E-state index in [1.54, 1.807) is 35.1 Å². The number of aliphatic imine (C=N–C) groups is 1. The van der Waals surface area contributed by atoms with Crippen molar-refractivity contribution in [3.63, 3.8) is 0 Å². The number of benzene rings is 1. The summed E-state index contributed by atoms with van der Waals surface area (Å²) >= 11 is 3.33. The van der Waals surface area contributed by atoms with Crippen molar-refractivity contribution in [1.29, 1.82) is 0 Å². The van der Waals surface area contributed by atoms with Gasteiger partial charge >= 0.3 is 0 Å². The molecular formula is C19H20N4OS2. The fraction of sp³-hybridized carbons (Fsp3) is 0.211. The molecule has 1 aliphatic heterocycles. The molecule has 134 valence electrons. The number of nitrogens with one attached hydrogen (secondary N) is 3. The molecule has 0 bridgehead atoms. The van der Waals surface area contributed by atoms with Gasteiger partial charge < -0.3 is 21.1 Å². The molecule has 0 saturated carbocycles. The van der Waals surface area contributed by atoms with Gasteiger partial charge in [-0.2, -0.15) is 0 Å². The first-order valence-corrected chi connectivity index (χ1v) is 10.2. The molecule has 3 aromatic rings. The average molecular weight is 385 g/mol. The van der Waals surface area contributed by atoms with Crippen molar-refractivity contribution in [2.75, 3.05) is 17.2 Å².